The first-order chi connectivity index (χ1) is 5.92. The third-order valence-corrected chi connectivity index (χ3v) is 3.14. The predicted octanol–water partition coefficient (Wildman–Crippen LogP) is 0.359. The van der Waals surface area contributed by atoms with Gasteiger partial charge in [-0.05, 0) is 25.8 Å². The fraction of sp³-hybridized carbons (Fsp3) is 0.889. The molecule has 2 atom stereocenters. The number of hydrogen-bond acceptors (Lipinski definition) is 2. The molecule has 2 fully saturated rings. The summed E-state index contributed by atoms with van der Waals surface area (Å²) in [5.41, 5.74) is 0. The van der Waals surface area contributed by atoms with E-state index >= 15 is 0 Å². The zero-order chi connectivity index (χ0) is 8.39. The third-order valence-electron chi connectivity index (χ3n) is 3.14. The van der Waals surface area contributed by atoms with E-state index in [1.165, 1.54) is 32.4 Å². The van der Waals surface area contributed by atoms with Gasteiger partial charge < -0.3 is 5.32 Å². The normalized spacial score (nSPS) is 36.0. The quantitative estimate of drug-likeness (QED) is 0.604. The van der Waals surface area contributed by atoms with Gasteiger partial charge in [-0.25, -0.2) is 0 Å². The van der Waals surface area contributed by atoms with E-state index in [1.54, 1.807) is 0 Å². The van der Waals surface area contributed by atoms with E-state index < -0.39 is 0 Å². The lowest BCUT2D eigenvalue weighted by molar-refractivity contribution is -0.110. The van der Waals surface area contributed by atoms with Crippen molar-refractivity contribution in [3.63, 3.8) is 0 Å². The lowest BCUT2D eigenvalue weighted by Crippen LogP contribution is -2.44. The van der Waals surface area contributed by atoms with E-state index in [0.717, 1.165) is 12.8 Å². The summed E-state index contributed by atoms with van der Waals surface area (Å²) in [4.78, 5) is 12.8. The fourth-order valence-electron chi connectivity index (χ4n) is 2.53. The van der Waals surface area contributed by atoms with Crippen molar-refractivity contribution in [2.24, 2.45) is 0 Å². The Kier molecular flexibility index (Phi) is 2.30. The molecule has 3 heteroatoms. The Hall–Kier alpha value is -0.570. The highest BCUT2D eigenvalue weighted by Crippen LogP contribution is 2.26. The Morgan fingerprint density at radius 3 is 3.00 bits per heavy atom. The average molecular weight is 168 g/mol. The van der Waals surface area contributed by atoms with Gasteiger partial charge in [-0.3, -0.25) is 9.69 Å². The van der Waals surface area contributed by atoms with Crippen molar-refractivity contribution in [3.8, 4) is 0 Å². The minimum absolute atomic E-state index is 0.433. The molecule has 1 N–H and O–H groups in total. The first kappa shape index (κ1) is 8.05. The highest BCUT2D eigenvalue weighted by atomic mass is 16.1. The van der Waals surface area contributed by atoms with Crippen molar-refractivity contribution in [3.05, 3.63) is 0 Å². The maximum Gasteiger partial charge on any atom is 0.207 e. The minimum Gasteiger partial charge on any atom is -0.354 e. The first-order valence-corrected chi connectivity index (χ1v) is 4.85. The molecular weight excluding hydrogens is 152 g/mol. The van der Waals surface area contributed by atoms with Crippen LogP contribution in [0, 0.1) is 0 Å². The van der Waals surface area contributed by atoms with Crippen molar-refractivity contribution in [1.29, 1.82) is 0 Å². The largest absolute Gasteiger partial charge is 0.354 e. The molecule has 0 aromatic rings. The Balaban J connectivity index is 1.96. The van der Waals surface area contributed by atoms with Crippen molar-refractivity contribution in [2.75, 3.05) is 13.1 Å². The molecule has 0 saturated carbocycles. The summed E-state index contributed by atoms with van der Waals surface area (Å²) < 4.78 is 0. The smallest absolute Gasteiger partial charge is 0.207 e. The highest BCUT2D eigenvalue weighted by Gasteiger charge is 2.34. The van der Waals surface area contributed by atoms with Gasteiger partial charge in [-0.2, -0.15) is 0 Å². The standard InChI is InChI=1S/C9H16N2O/c12-7-10-8-4-6-11-5-2-1-3-9(8)11/h7-9H,1-6H2,(H,10,12). The Morgan fingerprint density at radius 2 is 2.17 bits per heavy atom. The maximum absolute atomic E-state index is 10.3. The monoisotopic (exact) mass is 168 g/mol. The SMILES string of the molecule is O=CNC1CCN2CCCCC12. The van der Waals surface area contributed by atoms with Crippen molar-refractivity contribution in [2.45, 2.75) is 37.8 Å². The fourth-order valence-corrected chi connectivity index (χ4v) is 2.53. The molecule has 2 saturated heterocycles. The molecule has 3 nitrogen and oxygen atoms in total. The molecular formula is C9H16N2O. The van der Waals surface area contributed by atoms with Crippen molar-refractivity contribution in [1.82, 2.24) is 10.2 Å². The van der Waals surface area contributed by atoms with E-state index in [4.69, 9.17) is 0 Å². The van der Waals surface area contributed by atoms with E-state index in [2.05, 4.69) is 10.2 Å². The number of fused-ring (bicyclic) bond motifs is 1. The summed E-state index contributed by atoms with van der Waals surface area (Å²) in [5.74, 6) is 0. The lowest BCUT2D eigenvalue weighted by atomic mass is 9.99. The molecule has 0 aromatic heterocycles. The molecule has 0 spiro atoms. The molecule has 2 aliphatic rings. The molecule has 2 aliphatic heterocycles. The second kappa shape index (κ2) is 3.44. The van der Waals surface area contributed by atoms with Gasteiger partial charge in [0.15, 0.2) is 0 Å². The van der Waals surface area contributed by atoms with Crippen LogP contribution in [0.4, 0.5) is 0 Å². The molecule has 0 aromatic carbocycles. The van der Waals surface area contributed by atoms with Crippen LogP contribution < -0.4 is 5.32 Å². The van der Waals surface area contributed by atoms with Gasteiger partial charge in [0.25, 0.3) is 0 Å². The average Bonchev–Trinajstić information content (AvgIpc) is 2.50. The van der Waals surface area contributed by atoms with Crippen LogP contribution in [-0.2, 0) is 4.79 Å². The number of carbonyl (C=O) groups is 1. The summed E-state index contributed by atoms with van der Waals surface area (Å²) in [6.07, 6.45) is 5.93. The zero-order valence-electron chi connectivity index (χ0n) is 7.33. The predicted molar refractivity (Wildman–Crippen MR) is 46.8 cm³/mol. The third kappa shape index (κ3) is 1.33. The summed E-state index contributed by atoms with van der Waals surface area (Å²) >= 11 is 0. The van der Waals surface area contributed by atoms with E-state index in [9.17, 15) is 4.79 Å². The molecule has 2 rings (SSSR count). The van der Waals surface area contributed by atoms with Crippen LogP contribution in [0.3, 0.4) is 0 Å². The molecule has 12 heavy (non-hydrogen) atoms. The zero-order valence-corrected chi connectivity index (χ0v) is 7.33. The van der Waals surface area contributed by atoms with Crippen LogP contribution in [-0.4, -0.2) is 36.5 Å². The van der Waals surface area contributed by atoms with E-state index in [-0.39, 0.29) is 0 Å². The van der Waals surface area contributed by atoms with Crippen molar-refractivity contribution < 1.29 is 4.79 Å². The summed E-state index contributed by atoms with van der Waals surface area (Å²) in [7, 11) is 0. The van der Waals surface area contributed by atoms with Gasteiger partial charge in [0.2, 0.25) is 6.41 Å². The van der Waals surface area contributed by atoms with Crippen LogP contribution in [0.25, 0.3) is 0 Å². The summed E-state index contributed by atoms with van der Waals surface area (Å²) in [6, 6.07) is 1.08. The molecule has 2 unspecified atom stereocenters. The van der Waals surface area contributed by atoms with Gasteiger partial charge in [0, 0.05) is 18.6 Å². The van der Waals surface area contributed by atoms with Gasteiger partial charge >= 0.3 is 0 Å². The number of amides is 1. The van der Waals surface area contributed by atoms with Gasteiger partial charge in [-0.1, -0.05) is 6.42 Å². The number of hydrogen-bond donors (Lipinski definition) is 1. The molecule has 1 amide bonds. The second-order valence-corrected chi connectivity index (χ2v) is 3.78. The highest BCUT2D eigenvalue weighted by molar-refractivity contribution is 5.47. The summed E-state index contributed by atoms with van der Waals surface area (Å²) in [5, 5.41) is 2.92. The van der Waals surface area contributed by atoms with Crippen LogP contribution >= 0.6 is 0 Å². The van der Waals surface area contributed by atoms with Crippen LogP contribution in [0.15, 0.2) is 0 Å². The van der Waals surface area contributed by atoms with Crippen LogP contribution in [0.5, 0.6) is 0 Å². The maximum atomic E-state index is 10.3. The van der Waals surface area contributed by atoms with Gasteiger partial charge in [-0.15, -0.1) is 0 Å². The second-order valence-electron chi connectivity index (χ2n) is 3.78. The molecule has 0 bridgehead atoms. The first-order valence-electron chi connectivity index (χ1n) is 4.85. The van der Waals surface area contributed by atoms with Crippen molar-refractivity contribution >= 4 is 6.41 Å². The Morgan fingerprint density at radius 1 is 1.25 bits per heavy atom. The van der Waals surface area contributed by atoms with Crippen LogP contribution in [0.2, 0.25) is 0 Å². The number of nitrogens with one attached hydrogen (secondary N) is 1. The minimum atomic E-state index is 0.433. The van der Waals surface area contributed by atoms with Crippen LogP contribution in [0.1, 0.15) is 25.7 Å². The molecule has 2 heterocycles. The lowest BCUT2D eigenvalue weighted by Gasteiger charge is -2.31. The molecule has 68 valence electrons. The Labute approximate surface area is 73.1 Å². The number of piperidine rings is 1. The number of rotatable bonds is 2. The topological polar surface area (TPSA) is 32.3 Å². The number of carbonyl (C=O) groups excluding carboxylic acids is 1. The molecule has 0 radical (unpaired) electrons. The Bertz CT molecular complexity index is 172. The van der Waals surface area contributed by atoms with E-state index in [0.29, 0.717) is 12.1 Å². The van der Waals surface area contributed by atoms with E-state index in [1.807, 2.05) is 0 Å². The molecule has 0 aliphatic carbocycles. The number of nitrogens with zero attached hydrogens (tertiary/aromatic N) is 1. The summed E-state index contributed by atoms with van der Waals surface area (Å²) in [6.45, 7) is 2.41. The van der Waals surface area contributed by atoms with Gasteiger partial charge in [0.1, 0.15) is 0 Å². The van der Waals surface area contributed by atoms with Gasteiger partial charge in [0.05, 0.1) is 0 Å².